The molecule has 0 aliphatic rings. The molecule has 1 nitrogen and oxygen atoms in total. The topological polar surface area (TPSA) is 9.23 Å². The monoisotopic (exact) mass is 178 g/mol. The van der Waals surface area contributed by atoms with Gasteiger partial charge in [-0.2, -0.15) is 0 Å². The van der Waals surface area contributed by atoms with Gasteiger partial charge in [-0.1, -0.05) is 19.6 Å². The van der Waals surface area contributed by atoms with Crippen LogP contribution in [0.1, 0.15) is 6.92 Å². The minimum atomic E-state index is -1.18. The normalized spacial score (nSPS) is 13.5. The lowest BCUT2D eigenvalue weighted by molar-refractivity contribution is 0.255. The van der Waals surface area contributed by atoms with Gasteiger partial charge in [-0.25, -0.2) is 0 Å². The molecule has 0 unspecified atom stereocenters. The van der Waals surface area contributed by atoms with Crippen LogP contribution in [0.25, 0.3) is 0 Å². The molecule has 0 aromatic rings. The van der Waals surface area contributed by atoms with Crippen molar-refractivity contribution in [3.8, 4) is 0 Å². The minimum absolute atomic E-state index is 0.557. The first-order valence-electron chi connectivity index (χ1n) is 3.47. The van der Waals surface area contributed by atoms with Crippen LogP contribution >= 0.6 is 11.6 Å². The first-order valence-corrected chi connectivity index (χ1v) is 7.42. The molecule has 0 amide bonds. The van der Waals surface area contributed by atoms with Crippen LogP contribution in [0.3, 0.4) is 0 Å². The van der Waals surface area contributed by atoms with Gasteiger partial charge in [-0.15, -0.1) is 0 Å². The highest BCUT2D eigenvalue weighted by Crippen LogP contribution is 2.10. The van der Waals surface area contributed by atoms with E-state index in [0.717, 1.165) is 0 Å². The summed E-state index contributed by atoms with van der Waals surface area (Å²) in [5.41, 5.74) is 2.04. The van der Waals surface area contributed by atoms with E-state index in [2.05, 4.69) is 19.6 Å². The smallest absolute Gasteiger partial charge is 0.178 e. The molecule has 0 aromatic heterocycles. The van der Waals surface area contributed by atoms with Crippen molar-refractivity contribution in [3.63, 3.8) is 0 Å². The Morgan fingerprint density at radius 3 is 2.30 bits per heavy atom. The van der Waals surface area contributed by atoms with E-state index in [1.54, 1.807) is 0 Å². The molecule has 0 spiro atoms. The summed E-state index contributed by atoms with van der Waals surface area (Å²) in [7, 11) is -1.18. The van der Waals surface area contributed by atoms with E-state index < -0.39 is 8.07 Å². The number of hydrogen-bond donors (Lipinski definition) is 0. The molecule has 0 aliphatic carbocycles. The van der Waals surface area contributed by atoms with Crippen molar-refractivity contribution in [1.29, 1.82) is 0 Å². The highest BCUT2D eigenvalue weighted by molar-refractivity contribution is 6.81. The molecule has 0 saturated carbocycles. The molecule has 0 bridgehead atoms. The first-order chi connectivity index (χ1) is 4.45. The van der Waals surface area contributed by atoms with Crippen molar-refractivity contribution < 1.29 is 4.74 Å². The summed E-state index contributed by atoms with van der Waals surface area (Å²) >= 11 is 5.74. The van der Waals surface area contributed by atoms with Gasteiger partial charge in [0.15, 0.2) is 5.22 Å². The Labute approximate surface area is 69.0 Å². The third kappa shape index (κ3) is 6.17. The second-order valence-electron chi connectivity index (χ2n) is 3.25. The maximum atomic E-state index is 5.74. The average molecular weight is 179 g/mol. The molecule has 0 aliphatic heterocycles. The lowest BCUT2D eigenvalue weighted by atomic mass is 10.9. The molecule has 0 saturated heterocycles. The van der Waals surface area contributed by atoms with Gasteiger partial charge in [0.05, 0.1) is 14.7 Å². The molecular formula is C7H15ClOSi. The van der Waals surface area contributed by atoms with Crippen LogP contribution in [0.2, 0.25) is 19.6 Å². The Morgan fingerprint density at radius 2 is 2.00 bits per heavy atom. The molecule has 3 heteroatoms. The minimum Gasteiger partial charge on any atom is -0.484 e. The third-order valence-electron chi connectivity index (χ3n) is 0.829. The number of halogens is 1. The molecule has 0 heterocycles. The molecule has 0 fully saturated rings. The van der Waals surface area contributed by atoms with E-state index >= 15 is 0 Å². The van der Waals surface area contributed by atoms with Crippen LogP contribution in [0.5, 0.6) is 0 Å². The zero-order valence-corrected chi connectivity index (χ0v) is 8.83. The molecule has 0 N–H and O–H groups in total. The predicted molar refractivity (Wildman–Crippen MR) is 48.9 cm³/mol. The average Bonchev–Trinajstić information content (AvgIpc) is 1.59. The van der Waals surface area contributed by atoms with Gasteiger partial charge in [-0.05, 0) is 24.2 Å². The summed E-state index contributed by atoms with van der Waals surface area (Å²) in [6, 6.07) is 0. The van der Waals surface area contributed by atoms with Crippen molar-refractivity contribution in [2.75, 3.05) is 6.61 Å². The van der Waals surface area contributed by atoms with Crippen LogP contribution in [0, 0.1) is 0 Å². The van der Waals surface area contributed by atoms with Gasteiger partial charge in [0.25, 0.3) is 0 Å². The SMILES string of the molecule is CCO/C(Cl)=C/[Si](C)(C)C. The number of rotatable bonds is 3. The van der Waals surface area contributed by atoms with Crippen LogP contribution < -0.4 is 0 Å². The Kier molecular flexibility index (Phi) is 4.06. The van der Waals surface area contributed by atoms with Gasteiger partial charge in [0.1, 0.15) is 0 Å². The van der Waals surface area contributed by atoms with Gasteiger partial charge in [0, 0.05) is 0 Å². The molecule has 0 radical (unpaired) electrons. The molecule has 10 heavy (non-hydrogen) atoms. The summed E-state index contributed by atoms with van der Waals surface area (Å²) in [6.45, 7) is 9.23. The second kappa shape index (κ2) is 4.04. The van der Waals surface area contributed by atoms with Crippen molar-refractivity contribution in [2.24, 2.45) is 0 Å². The first kappa shape index (κ1) is 10.0. The Morgan fingerprint density at radius 1 is 1.50 bits per heavy atom. The second-order valence-corrected chi connectivity index (χ2v) is 8.64. The number of ether oxygens (including phenoxy) is 1. The van der Waals surface area contributed by atoms with E-state index in [0.29, 0.717) is 11.8 Å². The van der Waals surface area contributed by atoms with Gasteiger partial charge in [0.2, 0.25) is 0 Å². The third-order valence-corrected chi connectivity index (χ3v) is 2.36. The lowest BCUT2D eigenvalue weighted by Gasteiger charge is -2.10. The fourth-order valence-electron chi connectivity index (χ4n) is 0.520. The molecule has 60 valence electrons. The van der Waals surface area contributed by atoms with Crippen molar-refractivity contribution in [2.45, 2.75) is 26.6 Å². The van der Waals surface area contributed by atoms with E-state index in [4.69, 9.17) is 16.3 Å². The quantitative estimate of drug-likeness (QED) is 0.477. The van der Waals surface area contributed by atoms with Crippen LogP contribution in [-0.2, 0) is 4.74 Å². The number of hydrogen-bond acceptors (Lipinski definition) is 1. The van der Waals surface area contributed by atoms with E-state index in [-0.39, 0.29) is 0 Å². The maximum Gasteiger partial charge on any atom is 0.178 e. The van der Waals surface area contributed by atoms with Gasteiger partial charge >= 0.3 is 0 Å². The predicted octanol–water partition coefficient (Wildman–Crippen LogP) is 2.98. The zero-order chi connectivity index (χ0) is 8.20. The Hall–Kier alpha value is 0.0469. The van der Waals surface area contributed by atoms with Crippen LogP contribution in [0.4, 0.5) is 0 Å². The summed E-state index contributed by atoms with van der Waals surface area (Å²) in [5, 5.41) is 0.557. The summed E-state index contributed by atoms with van der Waals surface area (Å²) in [5.74, 6) is 0. The molecule has 0 aromatic carbocycles. The highest BCUT2D eigenvalue weighted by atomic mass is 35.5. The molecular weight excluding hydrogens is 164 g/mol. The van der Waals surface area contributed by atoms with Crippen LogP contribution in [0.15, 0.2) is 10.9 Å². The van der Waals surface area contributed by atoms with Gasteiger partial charge in [-0.3, -0.25) is 0 Å². The van der Waals surface area contributed by atoms with Crippen molar-refractivity contribution in [1.82, 2.24) is 0 Å². The lowest BCUT2D eigenvalue weighted by Crippen LogP contribution is -2.16. The highest BCUT2D eigenvalue weighted by Gasteiger charge is 2.10. The Balaban J connectivity index is 3.90. The van der Waals surface area contributed by atoms with Crippen LogP contribution in [-0.4, -0.2) is 14.7 Å². The fraction of sp³-hybridized carbons (Fsp3) is 0.714. The van der Waals surface area contributed by atoms with Crippen molar-refractivity contribution in [3.05, 3.63) is 10.9 Å². The fourth-order valence-corrected chi connectivity index (χ4v) is 2.38. The van der Waals surface area contributed by atoms with E-state index in [1.165, 1.54) is 0 Å². The zero-order valence-electron chi connectivity index (χ0n) is 7.07. The standard InChI is InChI=1S/C7H15ClOSi/c1-5-9-7(8)6-10(2,3)4/h6H,5H2,1-4H3/b7-6+. The van der Waals surface area contributed by atoms with Crippen molar-refractivity contribution >= 4 is 19.7 Å². The molecule has 0 atom stereocenters. The summed E-state index contributed by atoms with van der Waals surface area (Å²) in [4.78, 5) is 0. The largest absolute Gasteiger partial charge is 0.484 e. The van der Waals surface area contributed by atoms with E-state index in [1.807, 2.05) is 12.6 Å². The Bertz CT molecular complexity index is 126. The van der Waals surface area contributed by atoms with E-state index in [9.17, 15) is 0 Å². The maximum absolute atomic E-state index is 5.74. The van der Waals surface area contributed by atoms with Gasteiger partial charge < -0.3 is 4.74 Å². The molecule has 0 rings (SSSR count). The summed E-state index contributed by atoms with van der Waals surface area (Å²) < 4.78 is 5.08. The summed E-state index contributed by atoms with van der Waals surface area (Å²) in [6.07, 6.45) is 0.